The van der Waals surface area contributed by atoms with Crippen molar-refractivity contribution in [2.24, 2.45) is 5.92 Å². The van der Waals surface area contributed by atoms with E-state index in [1.807, 2.05) is 17.5 Å². The average Bonchev–Trinajstić information content (AvgIpc) is 3.27. The zero-order valence-electron chi connectivity index (χ0n) is 14.4. The minimum Gasteiger partial charge on any atom is -0.330 e. The molecule has 1 unspecified atom stereocenters. The molecular weight excluding hydrogens is 356 g/mol. The van der Waals surface area contributed by atoms with Crippen molar-refractivity contribution in [1.82, 2.24) is 15.1 Å². The maximum atomic E-state index is 12.6. The zero-order chi connectivity index (χ0) is 17.8. The first kappa shape index (κ1) is 18.0. The van der Waals surface area contributed by atoms with Gasteiger partial charge in [0.1, 0.15) is 11.0 Å². The fourth-order valence-corrected chi connectivity index (χ4v) is 4.58. The van der Waals surface area contributed by atoms with Gasteiger partial charge in [0, 0.05) is 17.8 Å². The van der Waals surface area contributed by atoms with E-state index < -0.39 is 6.04 Å². The maximum absolute atomic E-state index is 12.6. The Morgan fingerprint density at radius 3 is 2.96 bits per heavy atom. The number of hydrogen-bond donors (Lipinski definition) is 1. The lowest BCUT2D eigenvalue weighted by Gasteiger charge is -2.23. The topological polar surface area (TPSA) is 75.2 Å². The van der Waals surface area contributed by atoms with Gasteiger partial charge in [-0.05, 0) is 30.2 Å². The predicted octanol–water partition coefficient (Wildman–Crippen LogP) is 2.97. The standard InChI is InChI=1S/C17H22N4O2S2/c1-11(2)9-14-19-20-17(25-14)18-16(23)13-6-3-7-21(13)15(22)10-12-5-4-8-24-12/h4-5,8,11,13H,3,6-7,9-10H2,1-2H3,(H,18,20,23). The Morgan fingerprint density at radius 2 is 2.24 bits per heavy atom. The Bertz CT molecular complexity index is 727. The van der Waals surface area contributed by atoms with Gasteiger partial charge in [0.15, 0.2) is 0 Å². The number of carbonyl (C=O) groups is 2. The molecule has 1 N–H and O–H groups in total. The molecule has 134 valence electrons. The highest BCUT2D eigenvalue weighted by molar-refractivity contribution is 7.15. The average molecular weight is 379 g/mol. The van der Waals surface area contributed by atoms with Gasteiger partial charge < -0.3 is 4.90 Å². The second kappa shape index (κ2) is 8.05. The lowest BCUT2D eigenvalue weighted by atomic mass is 10.1. The Hall–Kier alpha value is -1.80. The van der Waals surface area contributed by atoms with E-state index in [0.717, 1.165) is 22.7 Å². The molecular formula is C17H22N4O2S2. The minimum absolute atomic E-state index is 0.0119. The van der Waals surface area contributed by atoms with Crippen molar-refractivity contribution in [1.29, 1.82) is 0 Å². The van der Waals surface area contributed by atoms with E-state index in [2.05, 4.69) is 29.4 Å². The molecule has 3 heterocycles. The number of hydrogen-bond acceptors (Lipinski definition) is 6. The van der Waals surface area contributed by atoms with Crippen LogP contribution >= 0.6 is 22.7 Å². The fraction of sp³-hybridized carbons (Fsp3) is 0.529. The Labute approximate surface area is 155 Å². The van der Waals surface area contributed by atoms with Crippen molar-refractivity contribution in [2.75, 3.05) is 11.9 Å². The van der Waals surface area contributed by atoms with Crippen molar-refractivity contribution >= 4 is 39.6 Å². The second-order valence-corrected chi connectivity index (χ2v) is 8.68. The molecule has 2 amide bonds. The number of carbonyl (C=O) groups excluding carboxylic acids is 2. The molecule has 1 fully saturated rings. The molecule has 6 nitrogen and oxygen atoms in total. The highest BCUT2D eigenvalue weighted by atomic mass is 32.1. The number of thiophene rings is 1. The molecule has 1 atom stereocenters. The first-order chi connectivity index (χ1) is 12.0. The van der Waals surface area contributed by atoms with Crippen LogP contribution in [0.2, 0.25) is 0 Å². The minimum atomic E-state index is -0.412. The SMILES string of the molecule is CC(C)Cc1nnc(NC(=O)C2CCCN2C(=O)Cc2cccs2)s1. The fourth-order valence-electron chi connectivity index (χ4n) is 2.93. The van der Waals surface area contributed by atoms with Gasteiger partial charge in [-0.1, -0.05) is 31.3 Å². The predicted molar refractivity (Wildman–Crippen MR) is 99.8 cm³/mol. The van der Waals surface area contributed by atoms with Gasteiger partial charge in [0.2, 0.25) is 16.9 Å². The van der Waals surface area contributed by atoms with Crippen LogP contribution in [-0.4, -0.2) is 39.5 Å². The lowest BCUT2D eigenvalue weighted by molar-refractivity contribution is -0.136. The number of rotatable bonds is 6. The third-order valence-corrected chi connectivity index (χ3v) is 5.80. The van der Waals surface area contributed by atoms with Crippen LogP contribution in [0.5, 0.6) is 0 Å². The van der Waals surface area contributed by atoms with E-state index in [4.69, 9.17) is 0 Å². The largest absolute Gasteiger partial charge is 0.330 e. The van der Waals surface area contributed by atoms with E-state index in [0.29, 0.717) is 30.4 Å². The first-order valence-electron chi connectivity index (χ1n) is 8.48. The van der Waals surface area contributed by atoms with E-state index in [9.17, 15) is 9.59 Å². The molecule has 0 radical (unpaired) electrons. The van der Waals surface area contributed by atoms with Gasteiger partial charge in [-0.2, -0.15) is 0 Å². The van der Waals surface area contributed by atoms with Gasteiger partial charge in [0.05, 0.1) is 6.42 Å². The van der Waals surface area contributed by atoms with Crippen LogP contribution in [0.25, 0.3) is 0 Å². The molecule has 1 saturated heterocycles. The van der Waals surface area contributed by atoms with Crippen LogP contribution < -0.4 is 5.32 Å². The Balaban J connectivity index is 1.60. The summed E-state index contributed by atoms with van der Waals surface area (Å²) in [6, 6.07) is 3.47. The number of aromatic nitrogens is 2. The van der Waals surface area contributed by atoms with Gasteiger partial charge >= 0.3 is 0 Å². The summed E-state index contributed by atoms with van der Waals surface area (Å²) in [5, 5.41) is 14.4. The lowest BCUT2D eigenvalue weighted by Crippen LogP contribution is -2.43. The van der Waals surface area contributed by atoms with Crippen LogP contribution in [0, 0.1) is 5.92 Å². The Kier molecular flexibility index (Phi) is 5.80. The second-order valence-electron chi connectivity index (χ2n) is 6.59. The summed E-state index contributed by atoms with van der Waals surface area (Å²) in [4.78, 5) is 27.9. The van der Waals surface area contributed by atoms with Crippen LogP contribution in [-0.2, 0) is 22.4 Å². The number of likely N-dealkylation sites (tertiary alicyclic amines) is 1. The highest BCUT2D eigenvalue weighted by Gasteiger charge is 2.34. The number of anilines is 1. The van der Waals surface area contributed by atoms with E-state index in [1.165, 1.54) is 11.3 Å². The summed E-state index contributed by atoms with van der Waals surface area (Å²) in [7, 11) is 0. The Morgan fingerprint density at radius 1 is 1.40 bits per heavy atom. The molecule has 2 aromatic heterocycles. The quantitative estimate of drug-likeness (QED) is 0.838. The number of nitrogens with zero attached hydrogens (tertiary/aromatic N) is 3. The monoisotopic (exact) mass is 378 g/mol. The normalized spacial score (nSPS) is 17.2. The summed E-state index contributed by atoms with van der Waals surface area (Å²) in [5.74, 6) is 0.346. The van der Waals surface area contributed by atoms with Gasteiger partial charge in [-0.15, -0.1) is 21.5 Å². The van der Waals surface area contributed by atoms with E-state index >= 15 is 0 Å². The smallest absolute Gasteiger partial charge is 0.249 e. The van der Waals surface area contributed by atoms with E-state index in [-0.39, 0.29) is 11.8 Å². The third-order valence-electron chi connectivity index (χ3n) is 4.06. The molecule has 3 rings (SSSR count). The van der Waals surface area contributed by atoms with Gasteiger partial charge in [-0.3, -0.25) is 14.9 Å². The van der Waals surface area contributed by atoms with Crippen LogP contribution in [0.3, 0.4) is 0 Å². The molecule has 0 aromatic carbocycles. The molecule has 0 aliphatic carbocycles. The summed E-state index contributed by atoms with van der Waals surface area (Å²) in [5.41, 5.74) is 0. The molecule has 0 saturated carbocycles. The number of nitrogens with one attached hydrogen (secondary N) is 1. The van der Waals surface area contributed by atoms with Crippen molar-refractivity contribution < 1.29 is 9.59 Å². The molecule has 1 aliphatic rings. The van der Waals surface area contributed by atoms with Crippen molar-refractivity contribution in [3.63, 3.8) is 0 Å². The van der Waals surface area contributed by atoms with Gasteiger partial charge in [-0.25, -0.2) is 0 Å². The summed E-state index contributed by atoms with van der Waals surface area (Å²) < 4.78 is 0. The molecule has 0 bridgehead atoms. The highest BCUT2D eigenvalue weighted by Crippen LogP contribution is 2.23. The molecule has 2 aromatic rings. The molecule has 25 heavy (non-hydrogen) atoms. The summed E-state index contributed by atoms with van der Waals surface area (Å²) >= 11 is 2.97. The van der Waals surface area contributed by atoms with E-state index in [1.54, 1.807) is 16.2 Å². The maximum Gasteiger partial charge on any atom is 0.249 e. The molecule has 1 aliphatic heterocycles. The van der Waals surface area contributed by atoms with Gasteiger partial charge in [0.25, 0.3) is 0 Å². The summed E-state index contributed by atoms with van der Waals surface area (Å²) in [6.45, 7) is 4.88. The summed E-state index contributed by atoms with van der Waals surface area (Å²) in [6.07, 6.45) is 2.75. The van der Waals surface area contributed by atoms with Crippen LogP contribution in [0.15, 0.2) is 17.5 Å². The van der Waals surface area contributed by atoms with Crippen molar-refractivity contribution in [3.8, 4) is 0 Å². The zero-order valence-corrected chi connectivity index (χ0v) is 16.0. The van der Waals surface area contributed by atoms with Crippen molar-refractivity contribution in [3.05, 3.63) is 27.4 Å². The first-order valence-corrected chi connectivity index (χ1v) is 10.2. The van der Waals surface area contributed by atoms with Crippen molar-refractivity contribution in [2.45, 2.75) is 45.6 Å². The molecule has 0 spiro atoms. The van der Waals surface area contributed by atoms with Crippen LogP contribution in [0.4, 0.5) is 5.13 Å². The van der Waals surface area contributed by atoms with Crippen LogP contribution in [0.1, 0.15) is 36.6 Å². The number of amides is 2. The third kappa shape index (κ3) is 4.64. The molecule has 8 heteroatoms.